The SMILES string of the molecule is O=C(O)c1cn(Cc2cc3ccccc3cn2)c2cccc(F)c2c1=O. The largest absolute Gasteiger partial charge is 0.477 e. The Kier molecular flexibility index (Phi) is 3.73. The number of benzene rings is 2. The van der Waals surface area contributed by atoms with Crippen molar-refractivity contribution in [1.82, 2.24) is 9.55 Å². The van der Waals surface area contributed by atoms with Crippen LogP contribution in [0.2, 0.25) is 0 Å². The van der Waals surface area contributed by atoms with Gasteiger partial charge in [0.05, 0.1) is 23.1 Å². The molecule has 4 rings (SSSR count). The van der Waals surface area contributed by atoms with E-state index in [4.69, 9.17) is 0 Å². The predicted octanol–water partition coefficient (Wildman–Crippen LogP) is 3.44. The lowest BCUT2D eigenvalue weighted by atomic mass is 10.1. The van der Waals surface area contributed by atoms with Gasteiger partial charge in [-0.15, -0.1) is 0 Å². The quantitative estimate of drug-likeness (QED) is 0.616. The third-order valence-electron chi connectivity index (χ3n) is 4.31. The van der Waals surface area contributed by atoms with Crippen LogP contribution in [-0.2, 0) is 6.54 Å². The molecule has 0 bridgehead atoms. The normalized spacial score (nSPS) is 11.1. The van der Waals surface area contributed by atoms with Crippen LogP contribution in [0.15, 0.2) is 65.7 Å². The standard InChI is InChI=1S/C20H13FN2O3/c21-16-6-3-7-17-18(16)19(24)15(20(25)26)11-23(17)10-14-8-12-4-1-2-5-13(12)9-22-14/h1-9,11H,10H2,(H,25,26). The van der Waals surface area contributed by atoms with Crippen LogP contribution in [0, 0.1) is 5.82 Å². The minimum atomic E-state index is -1.39. The van der Waals surface area contributed by atoms with E-state index in [1.165, 1.54) is 12.3 Å². The lowest BCUT2D eigenvalue weighted by Gasteiger charge is -2.13. The number of fused-ring (bicyclic) bond motifs is 2. The summed E-state index contributed by atoms with van der Waals surface area (Å²) in [4.78, 5) is 28.1. The Morgan fingerprint density at radius 3 is 2.65 bits per heavy atom. The third kappa shape index (κ3) is 2.61. The number of carboxylic acids is 1. The Bertz CT molecular complexity index is 1230. The first-order valence-corrected chi connectivity index (χ1v) is 7.93. The lowest BCUT2D eigenvalue weighted by Crippen LogP contribution is -2.20. The third-order valence-corrected chi connectivity index (χ3v) is 4.31. The van der Waals surface area contributed by atoms with Crippen LogP contribution in [0.25, 0.3) is 21.7 Å². The number of nitrogens with zero attached hydrogens (tertiary/aromatic N) is 2. The number of hydrogen-bond donors (Lipinski definition) is 1. The molecule has 0 spiro atoms. The van der Waals surface area contributed by atoms with E-state index in [9.17, 15) is 19.1 Å². The first-order valence-electron chi connectivity index (χ1n) is 7.93. The number of halogens is 1. The number of carbonyl (C=O) groups is 1. The molecule has 1 N–H and O–H groups in total. The van der Waals surface area contributed by atoms with Gasteiger partial charge in [-0.05, 0) is 23.6 Å². The zero-order valence-corrected chi connectivity index (χ0v) is 13.5. The Hall–Kier alpha value is -3.54. The molecular formula is C20H13FN2O3. The van der Waals surface area contributed by atoms with Gasteiger partial charge >= 0.3 is 5.97 Å². The molecule has 5 nitrogen and oxygen atoms in total. The molecule has 0 saturated carbocycles. The minimum absolute atomic E-state index is 0.214. The number of rotatable bonds is 3. The Balaban J connectivity index is 1.92. The molecule has 2 heterocycles. The minimum Gasteiger partial charge on any atom is -0.477 e. The number of aromatic nitrogens is 2. The van der Waals surface area contributed by atoms with Crippen molar-refractivity contribution in [1.29, 1.82) is 0 Å². The van der Waals surface area contributed by atoms with Crippen LogP contribution in [0.5, 0.6) is 0 Å². The molecule has 26 heavy (non-hydrogen) atoms. The lowest BCUT2D eigenvalue weighted by molar-refractivity contribution is 0.0695. The van der Waals surface area contributed by atoms with Crippen molar-refractivity contribution in [3.63, 3.8) is 0 Å². The van der Waals surface area contributed by atoms with E-state index in [0.717, 1.165) is 16.8 Å². The summed E-state index contributed by atoms with van der Waals surface area (Å²) in [7, 11) is 0. The fourth-order valence-corrected chi connectivity index (χ4v) is 3.07. The summed E-state index contributed by atoms with van der Waals surface area (Å²) in [6, 6.07) is 13.8. The van der Waals surface area contributed by atoms with Gasteiger partial charge in [0.2, 0.25) is 5.43 Å². The van der Waals surface area contributed by atoms with Gasteiger partial charge in [0.1, 0.15) is 11.4 Å². The molecule has 0 saturated heterocycles. The van der Waals surface area contributed by atoms with Gasteiger partial charge in [0.15, 0.2) is 0 Å². The molecule has 4 aromatic rings. The van der Waals surface area contributed by atoms with E-state index in [1.807, 2.05) is 30.3 Å². The zero-order valence-electron chi connectivity index (χ0n) is 13.5. The number of carboxylic acid groups (broad SMARTS) is 1. The number of aromatic carboxylic acids is 1. The number of hydrogen-bond acceptors (Lipinski definition) is 3. The molecule has 0 unspecified atom stereocenters. The zero-order chi connectivity index (χ0) is 18.3. The van der Waals surface area contributed by atoms with Gasteiger partial charge in [-0.25, -0.2) is 9.18 Å². The van der Waals surface area contributed by atoms with Gasteiger partial charge < -0.3 is 9.67 Å². The first-order chi connectivity index (χ1) is 12.5. The Labute approximate surface area is 147 Å². The second-order valence-corrected chi connectivity index (χ2v) is 5.96. The van der Waals surface area contributed by atoms with Crippen molar-refractivity contribution in [2.75, 3.05) is 0 Å². The van der Waals surface area contributed by atoms with E-state index in [0.29, 0.717) is 11.2 Å². The van der Waals surface area contributed by atoms with E-state index < -0.39 is 22.8 Å². The van der Waals surface area contributed by atoms with Crippen molar-refractivity contribution in [3.05, 3.63) is 88.2 Å². The summed E-state index contributed by atoms with van der Waals surface area (Å²) < 4.78 is 15.7. The van der Waals surface area contributed by atoms with Crippen molar-refractivity contribution >= 4 is 27.6 Å². The average molecular weight is 348 g/mol. The molecule has 2 aromatic carbocycles. The molecule has 0 radical (unpaired) electrons. The fourth-order valence-electron chi connectivity index (χ4n) is 3.07. The van der Waals surface area contributed by atoms with Crippen molar-refractivity contribution in [3.8, 4) is 0 Å². The van der Waals surface area contributed by atoms with Crippen molar-refractivity contribution in [2.45, 2.75) is 6.54 Å². The van der Waals surface area contributed by atoms with Crippen molar-refractivity contribution in [2.24, 2.45) is 0 Å². The second-order valence-electron chi connectivity index (χ2n) is 5.96. The van der Waals surface area contributed by atoms with Crippen molar-refractivity contribution < 1.29 is 14.3 Å². The van der Waals surface area contributed by atoms with Crippen LogP contribution in [0.1, 0.15) is 16.1 Å². The summed E-state index contributed by atoms with van der Waals surface area (Å²) in [5.41, 5.74) is -0.291. The van der Waals surface area contributed by atoms with E-state index in [2.05, 4.69) is 4.98 Å². The van der Waals surface area contributed by atoms with Crippen LogP contribution in [0.3, 0.4) is 0 Å². The van der Waals surface area contributed by atoms with Crippen LogP contribution in [0.4, 0.5) is 4.39 Å². The molecule has 2 aromatic heterocycles. The average Bonchev–Trinajstić information content (AvgIpc) is 2.63. The molecule has 0 aliphatic carbocycles. The van der Waals surface area contributed by atoms with Crippen LogP contribution in [-0.4, -0.2) is 20.6 Å². The molecule has 0 aliphatic heterocycles. The maximum absolute atomic E-state index is 14.2. The molecule has 128 valence electrons. The van der Waals surface area contributed by atoms with Gasteiger partial charge in [-0.2, -0.15) is 0 Å². The highest BCUT2D eigenvalue weighted by molar-refractivity contribution is 5.92. The highest BCUT2D eigenvalue weighted by Gasteiger charge is 2.17. The summed E-state index contributed by atoms with van der Waals surface area (Å²) in [5, 5.41) is 11.0. The molecule has 0 aliphatic rings. The predicted molar refractivity (Wildman–Crippen MR) is 96.0 cm³/mol. The Morgan fingerprint density at radius 2 is 1.88 bits per heavy atom. The monoisotopic (exact) mass is 348 g/mol. The van der Waals surface area contributed by atoms with Gasteiger partial charge in [0.25, 0.3) is 0 Å². The topological polar surface area (TPSA) is 72.2 Å². The summed E-state index contributed by atoms with van der Waals surface area (Å²) in [5.74, 6) is -2.13. The maximum Gasteiger partial charge on any atom is 0.341 e. The smallest absolute Gasteiger partial charge is 0.341 e. The van der Waals surface area contributed by atoms with E-state index in [1.54, 1.807) is 16.8 Å². The van der Waals surface area contributed by atoms with Crippen LogP contribution < -0.4 is 5.43 Å². The summed E-state index contributed by atoms with van der Waals surface area (Å²) >= 11 is 0. The summed E-state index contributed by atoms with van der Waals surface area (Å²) in [6.45, 7) is 0.214. The highest BCUT2D eigenvalue weighted by atomic mass is 19.1. The summed E-state index contributed by atoms with van der Waals surface area (Å²) in [6.07, 6.45) is 2.97. The van der Waals surface area contributed by atoms with Gasteiger partial charge in [0, 0.05) is 17.8 Å². The highest BCUT2D eigenvalue weighted by Crippen LogP contribution is 2.19. The Morgan fingerprint density at radius 1 is 1.12 bits per heavy atom. The maximum atomic E-state index is 14.2. The molecule has 0 amide bonds. The fraction of sp³-hybridized carbons (Fsp3) is 0.0500. The van der Waals surface area contributed by atoms with E-state index >= 15 is 0 Å². The van der Waals surface area contributed by atoms with Gasteiger partial charge in [-0.1, -0.05) is 30.3 Å². The van der Waals surface area contributed by atoms with E-state index in [-0.39, 0.29) is 11.9 Å². The first kappa shape index (κ1) is 16.0. The molecular weight excluding hydrogens is 335 g/mol. The molecule has 0 atom stereocenters. The second kappa shape index (κ2) is 6.07. The molecule has 0 fully saturated rings. The number of pyridine rings is 2. The van der Waals surface area contributed by atoms with Gasteiger partial charge in [-0.3, -0.25) is 9.78 Å². The molecule has 6 heteroatoms. The van der Waals surface area contributed by atoms with Crippen LogP contribution >= 0.6 is 0 Å².